The number of rotatable bonds is 7. The van der Waals surface area contributed by atoms with Crippen LogP contribution in [0.25, 0.3) is 0 Å². The van der Waals surface area contributed by atoms with Crippen molar-refractivity contribution in [2.45, 2.75) is 26.5 Å². The molecule has 2 rings (SSSR count). The van der Waals surface area contributed by atoms with Crippen molar-refractivity contribution >= 4 is 24.1 Å². The smallest absolute Gasteiger partial charge is 0.254 e. The minimum absolute atomic E-state index is 0. The zero-order chi connectivity index (χ0) is 18.4. The summed E-state index contributed by atoms with van der Waals surface area (Å²) >= 11 is 0. The van der Waals surface area contributed by atoms with Gasteiger partial charge in [-0.15, -0.1) is 12.4 Å². The van der Waals surface area contributed by atoms with Crippen molar-refractivity contribution in [3.8, 4) is 0 Å². The molecule has 7 nitrogen and oxygen atoms in total. The Kier molecular flexibility index (Phi) is 8.02. The average molecular weight is 379 g/mol. The molecule has 1 amide bonds. The van der Waals surface area contributed by atoms with Gasteiger partial charge in [-0.25, -0.2) is 0 Å². The van der Waals surface area contributed by atoms with Crippen LogP contribution in [-0.2, 0) is 16.1 Å². The first-order valence-electron chi connectivity index (χ1n) is 7.94. The number of amides is 1. The molecular weight excluding hydrogens is 356 g/mol. The molecule has 0 aliphatic rings. The van der Waals surface area contributed by atoms with E-state index >= 15 is 0 Å². The van der Waals surface area contributed by atoms with Crippen molar-refractivity contribution in [1.82, 2.24) is 10.3 Å². The van der Waals surface area contributed by atoms with Gasteiger partial charge in [0.15, 0.2) is 6.10 Å². The molecule has 0 aliphatic heterocycles. The van der Waals surface area contributed by atoms with Crippen molar-refractivity contribution in [2.24, 2.45) is 5.73 Å². The van der Waals surface area contributed by atoms with Gasteiger partial charge in [0, 0.05) is 24.4 Å². The van der Waals surface area contributed by atoms with Crippen molar-refractivity contribution in [3.05, 3.63) is 69.1 Å². The predicted octanol–water partition coefficient (Wildman–Crippen LogP) is 1.78. The van der Waals surface area contributed by atoms with Crippen LogP contribution in [0.5, 0.6) is 0 Å². The molecule has 5 N–H and O–H groups in total. The number of aromatic nitrogens is 1. The molecule has 2 aromatic rings. The van der Waals surface area contributed by atoms with Crippen LogP contribution in [0.15, 0.2) is 41.2 Å². The fraction of sp³-hybridized carbons (Fsp3) is 0.278. The van der Waals surface area contributed by atoms with Gasteiger partial charge in [-0.2, -0.15) is 0 Å². The number of H-pyrrole nitrogens is 1. The summed E-state index contributed by atoms with van der Waals surface area (Å²) in [5.41, 5.74) is 7.54. The van der Waals surface area contributed by atoms with Gasteiger partial charge >= 0.3 is 0 Å². The highest BCUT2D eigenvalue weighted by Crippen LogP contribution is 2.14. The van der Waals surface area contributed by atoms with E-state index in [1.165, 1.54) is 0 Å². The number of nitrogen functional groups attached to an aromatic ring is 1. The van der Waals surface area contributed by atoms with Crippen molar-refractivity contribution in [3.63, 3.8) is 0 Å². The second kappa shape index (κ2) is 9.74. The number of nitrogens with two attached hydrogens (primary N) is 1. The van der Waals surface area contributed by atoms with E-state index in [0.29, 0.717) is 12.2 Å². The van der Waals surface area contributed by atoms with Crippen LogP contribution >= 0.6 is 12.4 Å². The number of aryl methyl sites for hydroxylation is 1. The fourth-order valence-electron chi connectivity index (χ4n) is 2.35. The maximum absolute atomic E-state index is 12.5. The van der Waals surface area contributed by atoms with Crippen LogP contribution in [0.1, 0.15) is 35.4 Å². The molecule has 0 radical (unpaired) electrons. The molecule has 0 bridgehead atoms. The largest absolute Gasteiger partial charge is 0.384 e. The van der Waals surface area contributed by atoms with Gasteiger partial charge in [0.25, 0.3) is 11.5 Å². The zero-order valence-corrected chi connectivity index (χ0v) is 15.5. The Bertz CT molecular complexity index is 818. The highest BCUT2D eigenvalue weighted by atomic mass is 35.5. The summed E-state index contributed by atoms with van der Waals surface area (Å²) < 4.78 is 5.47. The lowest BCUT2D eigenvalue weighted by molar-refractivity contribution is -0.133. The molecule has 0 spiro atoms. The van der Waals surface area contributed by atoms with Crippen LogP contribution in [0.4, 0.5) is 0 Å². The Labute approximate surface area is 157 Å². The summed E-state index contributed by atoms with van der Waals surface area (Å²) in [6.45, 7) is 4.12. The highest BCUT2D eigenvalue weighted by molar-refractivity contribution is 5.94. The second-order valence-electron chi connectivity index (χ2n) is 5.59. The van der Waals surface area contributed by atoms with Gasteiger partial charge in [0.1, 0.15) is 5.84 Å². The molecule has 0 saturated carbocycles. The van der Waals surface area contributed by atoms with Gasteiger partial charge in [0.05, 0.1) is 5.56 Å². The molecule has 0 aliphatic carbocycles. The number of nitrogens with one attached hydrogen (secondary N) is 3. The predicted molar refractivity (Wildman–Crippen MR) is 103 cm³/mol. The third-order valence-electron chi connectivity index (χ3n) is 3.67. The summed E-state index contributed by atoms with van der Waals surface area (Å²) in [6.07, 6.45) is -0.967. The average Bonchev–Trinajstić information content (AvgIpc) is 2.58. The van der Waals surface area contributed by atoms with Crippen LogP contribution < -0.4 is 16.6 Å². The Hall–Kier alpha value is -2.64. The first kappa shape index (κ1) is 21.4. The summed E-state index contributed by atoms with van der Waals surface area (Å²) in [5, 5.41) is 10.1. The fourth-order valence-corrected chi connectivity index (χ4v) is 2.35. The van der Waals surface area contributed by atoms with E-state index in [9.17, 15) is 9.59 Å². The van der Waals surface area contributed by atoms with E-state index in [0.717, 1.165) is 11.3 Å². The van der Waals surface area contributed by atoms with E-state index in [1.54, 1.807) is 50.2 Å². The zero-order valence-electron chi connectivity index (χ0n) is 14.7. The number of carbonyl (C=O) groups excluding carboxylic acids is 1. The number of benzene rings is 1. The number of halogens is 1. The standard InChI is InChI=1S/C18H22N4O3.ClH/c1-3-25-15(14-9-4-11(2)22-17(14)23)18(24)21-10-12-5-7-13(8-6-12)16(19)20;/h4-9,15H,3,10H2,1-2H3,(H3,19,20)(H,21,24)(H,22,23);1H/t15-;/m0./s1. The SMILES string of the molecule is CCO[C@H](C(=O)NCc1ccc(C(=N)N)cc1)c1ccc(C)[nH]c1=O.Cl. The number of ether oxygens (including phenoxy) is 1. The minimum atomic E-state index is -0.967. The van der Waals surface area contributed by atoms with Gasteiger partial charge < -0.3 is 20.8 Å². The van der Waals surface area contributed by atoms with Gasteiger partial charge in [0.2, 0.25) is 0 Å². The Morgan fingerprint density at radius 3 is 2.46 bits per heavy atom. The van der Waals surface area contributed by atoms with E-state index < -0.39 is 6.10 Å². The molecule has 8 heteroatoms. The van der Waals surface area contributed by atoms with Crippen LogP contribution in [0.2, 0.25) is 0 Å². The van der Waals surface area contributed by atoms with E-state index in [1.807, 2.05) is 0 Å². The lowest BCUT2D eigenvalue weighted by Gasteiger charge is -2.17. The molecule has 0 fully saturated rings. The van der Waals surface area contributed by atoms with Crippen LogP contribution in [0, 0.1) is 12.3 Å². The first-order valence-corrected chi connectivity index (χ1v) is 7.94. The van der Waals surface area contributed by atoms with Crippen molar-refractivity contribution in [2.75, 3.05) is 6.61 Å². The topological polar surface area (TPSA) is 121 Å². The van der Waals surface area contributed by atoms with E-state index in [2.05, 4.69) is 10.3 Å². The molecule has 0 unspecified atom stereocenters. The number of hydrogen-bond acceptors (Lipinski definition) is 4. The first-order chi connectivity index (χ1) is 11.9. The molecule has 140 valence electrons. The van der Waals surface area contributed by atoms with E-state index in [-0.39, 0.29) is 41.8 Å². The van der Waals surface area contributed by atoms with Crippen LogP contribution in [-0.4, -0.2) is 23.3 Å². The number of hydrogen-bond donors (Lipinski definition) is 4. The summed E-state index contributed by atoms with van der Waals surface area (Å²) in [5.74, 6) is -0.391. The molecule has 1 aromatic heterocycles. The summed E-state index contributed by atoms with van der Waals surface area (Å²) in [7, 11) is 0. The van der Waals surface area contributed by atoms with Gasteiger partial charge in [-0.3, -0.25) is 15.0 Å². The summed E-state index contributed by atoms with van der Waals surface area (Å²) in [4.78, 5) is 27.2. The Morgan fingerprint density at radius 1 is 1.27 bits per heavy atom. The highest BCUT2D eigenvalue weighted by Gasteiger charge is 2.23. The third-order valence-corrected chi connectivity index (χ3v) is 3.67. The number of carbonyl (C=O) groups is 1. The van der Waals surface area contributed by atoms with E-state index in [4.69, 9.17) is 15.9 Å². The lowest BCUT2D eigenvalue weighted by atomic mass is 10.1. The number of amidine groups is 1. The second-order valence-corrected chi connectivity index (χ2v) is 5.59. The maximum Gasteiger partial charge on any atom is 0.254 e. The lowest BCUT2D eigenvalue weighted by Crippen LogP contribution is -2.33. The van der Waals surface area contributed by atoms with Crippen LogP contribution in [0.3, 0.4) is 0 Å². The molecular formula is C18H23ClN4O3. The molecule has 26 heavy (non-hydrogen) atoms. The Morgan fingerprint density at radius 2 is 1.92 bits per heavy atom. The Balaban J connectivity index is 0.00000338. The molecule has 0 saturated heterocycles. The maximum atomic E-state index is 12.5. The molecule has 1 aromatic carbocycles. The van der Waals surface area contributed by atoms with Crippen molar-refractivity contribution < 1.29 is 9.53 Å². The monoisotopic (exact) mass is 378 g/mol. The summed E-state index contributed by atoms with van der Waals surface area (Å²) in [6, 6.07) is 10.3. The minimum Gasteiger partial charge on any atom is -0.384 e. The molecule has 1 atom stereocenters. The molecule has 1 heterocycles. The third kappa shape index (κ3) is 5.44. The van der Waals surface area contributed by atoms with Gasteiger partial charge in [-0.05, 0) is 31.5 Å². The quantitative estimate of drug-likeness (QED) is 0.433. The van der Waals surface area contributed by atoms with Gasteiger partial charge in [-0.1, -0.05) is 24.3 Å². The normalized spacial score (nSPS) is 11.3. The van der Waals surface area contributed by atoms with Crippen molar-refractivity contribution in [1.29, 1.82) is 5.41 Å². The number of aromatic amines is 1. The number of pyridine rings is 1.